The minimum atomic E-state index is -0.798. The van der Waals surface area contributed by atoms with Crippen LogP contribution in [0.3, 0.4) is 0 Å². The maximum Gasteiger partial charge on any atom is 0.243 e. The molecule has 2 N–H and O–H groups in total. The van der Waals surface area contributed by atoms with Crippen LogP contribution in [-0.4, -0.2) is 89.1 Å². The minimum Gasteiger partial charge on any atom is -0.396 e. The molecule has 0 aliphatic carbocycles. The molecule has 2 amide bonds. The van der Waals surface area contributed by atoms with Crippen molar-refractivity contribution >= 4 is 23.9 Å². The van der Waals surface area contributed by atoms with Crippen LogP contribution in [0.15, 0.2) is 18.2 Å². The number of carbonyl (C=O) groups excluding carboxylic acids is 4. The number of amides is 2. The number of aliphatic hydroxyl groups excluding tert-OH is 1. The molecule has 0 aromatic heterocycles. The van der Waals surface area contributed by atoms with E-state index in [4.69, 9.17) is 5.11 Å². The molecule has 2 unspecified atom stereocenters. The summed E-state index contributed by atoms with van der Waals surface area (Å²) < 4.78 is 0. The highest BCUT2D eigenvalue weighted by atomic mass is 16.3. The van der Waals surface area contributed by atoms with Crippen LogP contribution in [-0.2, 0) is 32.3 Å². The highest BCUT2D eigenvalue weighted by molar-refractivity contribution is 6.27. The summed E-state index contributed by atoms with van der Waals surface area (Å²) >= 11 is 0. The van der Waals surface area contributed by atoms with Gasteiger partial charge in [-0.15, -0.1) is 0 Å². The van der Waals surface area contributed by atoms with Crippen molar-refractivity contribution in [3.63, 3.8) is 0 Å². The topological polar surface area (TPSA) is 110 Å². The first-order chi connectivity index (χ1) is 15.5. The molecule has 1 aromatic rings. The normalized spacial score (nSPS) is 24.9. The summed E-state index contributed by atoms with van der Waals surface area (Å²) in [7, 11) is 0. The molecule has 0 bridgehead atoms. The van der Waals surface area contributed by atoms with Gasteiger partial charge in [0.25, 0.3) is 0 Å². The first-order valence-electron chi connectivity index (χ1n) is 11.3. The van der Waals surface area contributed by atoms with E-state index < -0.39 is 23.8 Å². The molecule has 2 saturated heterocycles. The average Bonchev–Trinajstić information content (AvgIpc) is 3.18. The fraction of sp³-hybridized carbons (Fsp3) is 0.565. The van der Waals surface area contributed by atoms with Crippen molar-refractivity contribution in [3.05, 3.63) is 34.9 Å². The van der Waals surface area contributed by atoms with Crippen LogP contribution < -0.4 is 5.32 Å². The van der Waals surface area contributed by atoms with Gasteiger partial charge >= 0.3 is 0 Å². The average molecular weight is 443 g/mol. The zero-order valence-electron chi connectivity index (χ0n) is 18.2. The smallest absolute Gasteiger partial charge is 0.243 e. The van der Waals surface area contributed by atoms with Crippen LogP contribution in [0.25, 0.3) is 0 Å². The predicted molar refractivity (Wildman–Crippen MR) is 115 cm³/mol. The zero-order chi connectivity index (χ0) is 22.7. The molecule has 2 atom stereocenters. The van der Waals surface area contributed by atoms with Gasteiger partial charge in [0.05, 0.1) is 6.04 Å². The number of ketones is 1. The molecule has 0 spiro atoms. The Morgan fingerprint density at radius 3 is 2.59 bits per heavy atom. The number of imide groups is 1. The van der Waals surface area contributed by atoms with Gasteiger partial charge in [-0.2, -0.15) is 0 Å². The molecule has 32 heavy (non-hydrogen) atoms. The number of rotatable bonds is 8. The molecule has 3 aliphatic heterocycles. The van der Waals surface area contributed by atoms with Crippen molar-refractivity contribution in [1.82, 2.24) is 20.0 Å². The van der Waals surface area contributed by atoms with E-state index >= 15 is 0 Å². The summed E-state index contributed by atoms with van der Waals surface area (Å²) in [5.41, 5.74) is 2.78. The van der Waals surface area contributed by atoms with E-state index in [1.807, 2.05) is 18.2 Å². The lowest BCUT2D eigenvalue weighted by Crippen LogP contribution is -2.52. The fourth-order valence-electron chi connectivity index (χ4n) is 5.11. The van der Waals surface area contributed by atoms with Crippen molar-refractivity contribution in [1.29, 1.82) is 0 Å². The molecule has 0 radical (unpaired) electrons. The Morgan fingerprint density at radius 2 is 1.91 bits per heavy atom. The van der Waals surface area contributed by atoms with Gasteiger partial charge in [-0.05, 0) is 29.5 Å². The maximum absolute atomic E-state index is 12.7. The van der Waals surface area contributed by atoms with E-state index in [1.165, 1.54) is 0 Å². The van der Waals surface area contributed by atoms with Crippen molar-refractivity contribution in [2.24, 2.45) is 0 Å². The number of fused-ring (bicyclic) bond motifs is 1. The Labute approximate surface area is 187 Å². The van der Waals surface area contributed by atoms with Crippen LogP contribution in [0.5, 0.6) is 0 Å². The summed E-state index contributed by atoms with van der Waals surface area (Å²) in [6.45, 7) is 5.78. The first kappa shape index (κ1) is 22.7. The van der Waals surface area contributed by atoms with Gasteiger partial charge in [0.2, 0.25) is 17.6 Å². The largest absolute Gasteiger partial charge is 0.396 e. The fourth-order valence-corrected chi connectivity index (χ4v) is 5.11. The van der Waals surface area contributed by atoms with E-state index in [9.17, 15) is 19.2 Å². The number of Topliss-reactive ketones (excluding diaryl/α,β-unsaturated/α-hetero) is 1. The lowest BCUT2D eigenvalue weighted by Gasteiger charge is -2.35. The second-order valence-electron chi connectivity index (χ2n) is 8.75. The van der Waals surface area contributed by atoms with Crippen LogP contribution in [0, 0.1) is 0 Å². The molecule has 2 fully saturated rings. The highest BCUT2D eigenvalue weighted by Crippen LogP contribution is 2.39. The van der Waals surface area contributed by atoms with Crippen LogP contribution in [0.2, 0.25) is 0 Å². The molecular formula is C23H30N4O5. The van der Waals surface area contributed by atoms with Gasteiger partial charge in [0.15, 0.2) is 6.29 Å². The monoisotopic (exact) mass is 442 g/mol. The summed E-state index contributed by atoms with van der Waals surface area (Å²) in [6, 6.07) is 4.49. The number of nitrogens with one attached hydrogen (secondary N) is 1. The van der Waals surface area contributed by atoms with Gasteiger partial charge in [0.1, 0.15) is 6.04 Å². The van der Waals surface area contributed by atoms with Crippen molar-refractivity contribution in [2.45, 2.75) is 44.4 Å². The first-order valence-corrected chi connectivity index (χ1v) is 11.3. The van der Waals surface area contributed by atoms with E-state index in [0.29, 0.717) is 25.8 Å². The summed E-state index contributed by atoms with van der Waals surface area (Å²) in [5, 5.41) is 11.4. The molecule has 0 saturated carbocycles. The number of nitrogens with zero attached hydrogens (tertiary/aromatic N) is 3. The second-order valence-corrected chi connectivity index (χ2v) is 8.75. The lowest BCUT2D eigenvalue weighted by molar-refractivity contribution is -0.141. The highest BCUT2D eigenvalue weighted by Gasteiger charge is 2.44. The number of hydrogen-bond donors (Lipinski definition) is 2. The summed E-state index contributed by atoms with van der Waals surface area (Å²) in [4.78, 5) is 54.8. The quantitative estimate of drug-likeness (QED) is 0.318. The molecule has 172 valence electrons. The minimum absolute atomic E-state index is 0.201. The Morgan fingerprint density at radius 1 is 1.16 bits per heavy atom. The number of carbonyl (C=O) groups is 4. The third kappa shape index (κ3) is 4.66. The van der Waals surface area contributed by atoms with Gasteiger partial charge < -0.3 is 10.0 Å². The molecule has 9 nitrogen and oxygen atoms in total. The zero-order valence-corrected chi connectivity index (χ0v) is 18.2. The van der Waals surface area contributed by atoms with E-state index in [2.05, 4.69) is 15.1 Å². The molecule has 4 rings (SSSR count). The standard InChI is InChI=1S/C23H30N4O5/c28-12-2-7-25-8-10-26(11-9-25)13-16-3-1-4-17-14-27(22(21(16)17)19(30)15-29)18-5-6-20(31)24-23(18)32/h1,3-4,15,18,22,28H,2,5-14H2,(H,24,31,32). The number of piperazine rings is 1. The second kappa shape index (κ2) is 9.99. The molecule has 9 heteroatoms. The Kier molecular flexibility index (Phi) is 7.10. The third-order valence-corrected chi connectivity index (χ3v) is 6.73. The Balaban J connectivity index is 1.53. The molecule has 3 heterocycles. The van der Waals surface area contributed by atoms with Crippen molar-refractivity contribution in [2.75, 3.05) is 39.3 Å². The number of piperidine rings is 1. The Hall–Kier alpha value is -2.46. The van der Waals surface area contributed by atoms with E-state index in [0.717, 1.165) is 55.8 Å². The van der Waals surface area contributed by atoms with Gasteiger partial charge in [-0.1, -0.05) is 18.2 Å². The SMILES string of the molecule is O=CC(=O)C1c2c(CN3CCN(CCCO)CC3)cccc2CN1C1CCC(=O)NC1=O. The van der Waals surface area contributed by atoms with Crippen LogP contribution in [0.1, 0.15) is 42.0 Å². The van der Waals surface area contributed by atoms with Crippen molar-refractivity contribution in [3.8, 4) is 0 Å². The summed E-state index contributed by atoms with van der Waals surface area (Å²) in [6.07, 6.45) is 1.68. The lowest BCUT2D eigenvalue weighted by atomic mass is 9.94. The number of aldehydes is 1. The van der Waals surface area contributed by atoms with Crippen molar-refractivity contribution < 1.29 is 24.3 Å². The van der Waals surface area contributed by atoms with E-state index in [1.54, 1.807) is 4.90 Å². The Bertz CT molecular complexity index is 896. The van der Waals surface area contributed by atoms with E-state index in [-0.39, 0.29) is 18.9 Å². The maximum atomic E-state index is 12.7. The van der Waals surface area contributed by atoms with Gasteiger partial charge in [0, 0.05) is 58.8 Å². The summed E-state index contributed by atoms with van der Waals surface area (Å²) in [5.74, 6) is -1.27. The van der Waals surface area contributed by atoms with Crippen LogP contribution in [0.4, 0.5) is 0 Å². The van der Waals surface area contributed by atoms with Gasteiger partial charge in [-0.25, -0.2) is 0 Å². The number of aliphatic hydroxyl groups is 1. The molecule has 3 aliphatic rings. The molecule has 1 aromatic carbocycles. The predicted octanol–water partition coefficient (Wildman–Crippen LogP) is -0.383. The number of hydrogen-bond acceptors (Lipinski definition) is 8. The molecular weight excluding hydrogens is 412 g/mol. The number of benzene rings is 1. The van der Waals surface area contributed by atoms with Gasteiger partial charge in [-0.3, -0.25) is 34.3 Å². The van der Waals surface area contributed by atoms with Crippen LogP contribution >= 0.6 is 0 Å². The third-order valence-electron chi connectivity index (χ3n) is 6.73.